The van der Waals surface area contributed by atoms with Gasteiger partial charge in [0.2, 0.25) is 0 Å². The molecule has 0 atom stereocenters. The molecule has 0 aromatic carbocycles. The van der Waals surface area contributed by atoms with E-state index in [1.807, 2.05) is 13.8 Å². The number of fused-ring (bicyclic) bond motifs is 1. The summed E-state index contributed by atoms with van der Waals surface area (Å²) in [6.07, 6.45) is 1.54. The number of rotatable bonds is 3. The Morgan fingerprint density at radius 2 is 2.31 bits per heavy atom. The second-order valence-electron chi connectivity index (χ2n) is 4.06. The van der Waals surface area contributed by atoms with Crippen LogP contribution >= 0.6 is 0 Å². The third-order valence-electron chi connectivity index (χ3n) is 2.31. The number of imidazole rings is 1. The number of hydrogen-bond donors (Lipinski definition) is 2. The van der Waals surface area contributed by atoms with Gasteiger partial charge in [0.15, 0.2) is 5.65 Å². The molecule has 2 rings (SSSR count). The topological polar surface area (TPSA) is 78.9 Å². The van der Waals surface area contributed by atoms with Gasteiger partial charge in [0.25, 0.3) is 0 Å². The van der Waals surface area contributed by atoms with E-state index in [1.54, 1.807) is 12.3 Å². The van der Waals surface area contributed by atoms with Crippen LogP contribution in [0.2, 0.25) is 0 Å². The van der Waals surface area contributed by atoms with Crippen molar-refractivity contribution in [3.05, 3.63) is 23.7 Å². The quantitative estimate of drug-likeness (QED) is 0.823. The molecule has 0 unspecified atom stereocenters. The molecule has 84 valence electrons. The molecule has 5 nitrogen and oxygen atoms in total. The monoisotopic (exact) mass is 219 g/mol. The number of carbonyl (C=O) groups is 1. The summed E-state index contributed by atoms with van der Waals surface area (Å²) in [5.74, 6) is 0.317. The van der Waals surface area contributed by atoms with Gasteiger partial charge in [0.1, 0.15) is 5.82 Å². The van der Waals surface area contributed by atoms with Crippen molar-refractivity contribution in [2.75, 3.05) is 0 Å². The second kappa shape index (κ2) is 3.92. The maximum atomic E-state index is 10.6. The third kappa shape index (κ3) is 2.03. The van der Waals surface area contributed by atoms with E-state index in [-0.39, 0.29) is 6.42 Å². The van der Waals surface area contributed by atoms with Gasteiger partial charge in [-0.25, -0.2) is 9.97 Å². The molecule has 0 saturated carbocycles. The summed E-state index contributed by atoms with van der Waals surface area (Å²) in [6.45, 7) is 4.08. The molecule has 0 radical (unpaired) electrons. The molecular weight excluding hydrogens is 206 g/mol. The lowest BCUT2D eigenvalue weighted by molar-refractivity contribution is -0.136. The highest BCUT2D eigenvalue weighted by molar-refractivity contribution is 5.75. The first kappa shape index (κ1) is 10.6. The number of hydrogen-bond acceptors (Lipinski definition) is 3. The van der Waals surface area contributed by atoms with E-state index >= 15 is 0 Å². The van der Waals surface area contributed by atoms with Gasteiger partial charge in [0, 0.05) is 12.1 Å². The second-order valence-corrected chi connectivity index (χ2v) is 4.06. The number of aromatic amines is 1. The maximum absolute atomic E-state index is 10.6. The van der Waals surface area contributed by atoms with Gasteiger partial charge in [-0.05, 0) is 11.6 Å². The van der Waals surface area contributed by atoms with Crippen LogP contribution in [0.15, 0.2) is 12.3 Å². The van der Waals surface area contributed by atoms with Gasteiger partial charge in [0.05, 0.1) is 11.9 Å². The van der Waals surface area contributed by atoms with Crippen LogP contribution in [0.1, 0.15) is 31.2 Å². The largest absolute Gasteiger partial charge is 0.481 e. The van der Waals surface area contributed by atoms with Gasteiger partial charge in [-0.15, -0.1) is 0 Å². The Morgan fingerprint density at radius 1 is 1.56 bits per heavy atom. The highest BCUT2D eigenvalue weighted by atomic mass is 16.4. The molecule has 0 saturated heterocycles. The number of carboxylic acid groups (broad SMARTS) is 1. The number of H-pyrrole nitrogens is 1. The fraction of sp³-hybridized carbons (Fsp3) is 0.364. The fourth-order valence-electron chi connectivity index (χ4n) is 1.51. The zero-order valence-electron chi connectivity index (χ0n) is 9.19. The van der Waals surface area contributed by atoms with Crippen molar-refractivity contribution in [2.24, 2.45) is 0 Å². The molecule has 0 aliphatic rings. The first-order chi connectivity index (χ1) is 7.56. The van der Waals surface area contributed by atoms with E-state index in [2.05, 4.69) is 15.0 Å². The lowest BCUT2D eigenvalue weighted by atomic mass is 10.2. The van der Waals surface area contributed by atoms with Crippen LogP contribution in [0.5, 0.6) is 0 Å². The smallest absolute Gasteiger partial charge is 0.307 e. The minimum atomic E-state index is -0.857. The average molecular weight is 219 g/mol. The lowest BCUT2D eigenvalue weighted by Gasteiger charge is -1.96. The standard InChI is InChI=1S/C11H13N3O2/c1-6(2)10-13-8-3-7(4-9(15)16)5-12-11(8)14-10/h3,5-6H,4H2,1-2H3,(H,15,16)(H,12,13,14). The number of nitrogens with zero attached hydrogens (tertiary/aromatic N) is 2. The van der Waals surface area contributed by atoms with Crippen LogP contribution < -0.4 is 0 Å². The molecule has 0 fully saturated rings. The van der Waals surface area contributed by atoms with E-state index in [0.717, 1.165) is 11.3 Å². The van der Waals surface area contributed by atoms with Gasteiger partial charge >= 0.3 is 5.97 Å². The number of aliphatic carboxylic acids is 1. The fourth-order valence-corrected chi connectivity index (χ4v) is 1.51. The van der Waals surface area contributed by atoms with Crippen LogP contribution in [0.3, 0.4) is 0 Å². The Labute approximate surface area is 92.5 Å². The van der Waals surface area contributed by atoms with Gasteiger partial charge in [-0.2, -0.15) is 0 Å². The summed E-state index contributed by atoms with van der Waals surface area (Å²) in [6, 6.07) is 1.79. The number of carboxylic acids is 1. The first-order valence-electron chi connectivity index (χ1n) is 5.12. The Kier molecular flexibility index (Phi) is 2.60. The molecule has 2 N–H and O–H groups in total. The molecule has 2 aromatic heterocycles. The normalized spacial score (nSPS) is 11.2. The maximum Gasteiger partial charge on any atom is 0.307 e. The summed E-state index contributed by atoms with van der Waals surface area (Å²) in [5.41, 5.74) is 2.11. The van der Waals surface area contributed by atoms with Crippen LogP contribution in [0, 0.1) is 0 Å². The van der Waals surface area contributed by atoms with Gasteiger partial charge in [-0.1, -0.05) is 13.8 Å². The predicted molar refractivity (Wildman–Crippen MR) is 59.3 cm³/mol. The van der Waals surface area contributed by atoms with Crippen molar-refractivity contribution in [1.82, 2.24) is 15.0 Å². The number of pyridine rings is 1. The minimum absolute atomic E-state index is 0.0149. The minimum Gasteiger partial charge on any atom is -0.481 e. The Balaban J connectivity index is 2.41. The van der Waals surface area contributed by atoms with Crippen LogP contribution in [0.25, 0.3) is 11.2 Å². The van der Waals surface area contributed by atoms with Crippen LogP contribution in [-0.4, -0.2) is 26.0 Å². The summed E-state index contributed by atoms with van der Waals surface area (Å²) in [7, 11) is 0. The lowest BCUT2D eigenvalue weighted by Crippen LogP contribution is -2.00. The van der Waals surface area contributed by atoms with Crippen molar-refractivity contribution < 1.29 is 9.90 Å². The van der Waals surface area contributed by atoms with Crippen LogP contribution in [0.4, 0.5) is 0 Å². The van der Waals surface area contributed by atoms with Gasteiger partial charge in [-0.3, -0.25) is 4.79 Å². The highest BCUT2D eigenvalue weighted by Crippen LogP contribution is 2.16. The molecular formula is C11H13N3O2. The molecule has 0 bridgehead atoms. The molecule has 5 heteroatoms. The summed E-state index contributed by atoms with van der Waals surface area (Å²) >= 11 is 0. The SMILES string of the molecule is CC(C)c1nc2ncc(CC(=O)O)cc2[nH]1. The van der Waals surface area contributed by atoms with E-state index in [9.17, 15) is 4.79 Å². The summed E-state index contributed by atoms with van der Waals surface area (Å²) in [4.78, 5) is 22.2. The van der Waals surface area contributed by atoms with E-state index < -0.39 is 5.97 Å². The zero-order valence-corrected chi connectivity index (χ0v) is 9.19. The summed E-state index contributed by atoms with van der Waals surface area (Å²) in [5, 5.41) is 8.68. The molecule has 0 aliphatic heterocycles. The number of aromatic nitrogens is 3. The molecule has 16 heavy (non-hydrogen) atoms. The molecule has 2 heterocycles. The molecule has 0 spiro atoms. The zero-order chi connectivity index (χ0) is 11.7. The Morgan fingerprint density at radius 3 is 2.94 bits per heavy atom. The average Bonchev–Trinajstić information content (AvgIpc) is 2.59. The van der Waals surface area contributed by atoms with E-state index in [4.69, 9.17) is 5.11 Å². The molecule has 0 amide bonds. The third-order valence-corrected chi connectivity index (χ3v) is 2.31. The summed E-state index contributed by atoms with van der Waals surface area (Å²) < 4.78 is 0. The van der Waals surface area contributed by atoms with Crippen molar-refractivity contribution in [1.29, 1.82) is 0 Å². The molecule has 2 aromatic rings. The van der Waals surface area contributed by atoms with Crippen molar-refractivity contribution in [3.63, 3.8) is 0 Å². The first-order valence-corrected chi connectivity index (χ1v) is 5.12. The molecule has 0 aliphatic carbocycles. The van der Waals surface area contributed by atoms with Gasteiger partial charge < -0.3 is 10.1 Å². The predicted octanol–water partition coefficient (Wildman–Crippen LogP) is 1.71. The van der Waals surface area contributed by atoms with Crippen LogP contribution in [-0.2, 0) is 11.2 Å². The van der Waals surface area contributed by atoms with Crippen molar-refractivity contribution in [2.45, 2.75) is 26.2 Å². The van der Waals surface area contributed by atoms with E-state index in [1.165, 1.54) is 0 Å². The van der Waals surface area contributed by atoms with Crippen molar-refractivity contribution in [3.8, 4) is 0 Å². The van der Waals surface area contributed by atoms with Crippen molar-refractivity contribution >= 4 is 17.1 Å². The number of nitrogens with one attached hydrogen (secondary N) is 1. The van der Waals surface area contributed by atoms with E-state index in [0.29, 0.717) is 17.1 Å². The highest BCUT2D eigenvalue weighted by Gasteiger charge is 2.08. The Hall–Kier alpha value is -1.91. The Bertz CT molecular complexity index is 531.